The molecule has 10 nitrogen and oxygen atoms in total. The van der Waals surface area contributed by atoms with Crippen molar-refractivity contribution in [2.75, 3.05) is 37.5 Å². The predicted octanol–water partition coefficient (Wildman–Crippen LogP) is 1.24. The summed E-state index contributed by atoms with van der Waals surface area (Å²) >= 11 is -2.29. The third-order valence-electron chi connectivity index (χ3n) is 4.59. The van der Waals surface area contributed by atoms with E-state index in [2.05, 4.69) is 25.9 Å². The number of anilines is 1. The molecule has 1 aliphatic heterocycles. The first-order valence-corrected chi connectivity index (χ1v) is 12.8. The van der Waals surface area contributed by atoms with Crippen LogP contribution in [0, 0.1) is 0 Å². The number of sulfone groups is 1. The van der Waals surface area contributed by atoms with Crippen LogP contribution in [0.3, 0.4) is 0 Å². The number of methoxy groups -OCH3 is 1. The van der Waals surface area contributed by atoms with Crippen molar-refractivity contribution >= 4 is 32.4 Å². The molecule has 0 aliphatic carbocycles. The molecule has 0 saturated heterocycles. The molecule has 3 N–H and O–H groups in total. The first-order valence-electron chi connectivity index (χ1n) is 9.71. The highest BCUT2D eigenvalue weighted by Gasteiger charge is 2.29. The summed E-state index contributed by atoms with van der Waals surface area (Å²) in [5.41, 5.74) is 1.13. The molecule has 1 aromatic heterocycles. The van der Waals surface area contributed by atoms with E-state index < -0.39 is 39.9 Å². The zero-order chi connectivity index (χ0) is 25.1. The van der Waals surface area contributed by atoms with Crippen LogP contribution in [0.4, 0.5) is 18.9 Å². The van der Waals surface area contributed by atoms with Crippen molar-refractivity contribution in [3.8, 4) is 17.0 Å². The van der Waals surface area contributed by atoms with Gasteiger partial charge in [0.15, 0.2) is 22.0 Å². The predicted molar refractivity (Wildman–Crippen MR) is 119 cm³/mol. The number of fused-ring (bicyclic) bond motifs is 1. The lowest BCUT2D eigenvalue weighted by atomic mass is 10.1. The fourth-order valence-corrected chi connectivity index (χ4v) is 4.26. The number of aliphatic imine (C=N–C) groups is 1. The van der Waals surface area contributed by atoms with Crippen LogP contribution in [0.2, 0.25) is 0 Å². The molecular formula is C19H21F3N5O5S2-. The summed E-state index contributed by atoms with van der Waals surface area (Å²) in [6.45, 7) is -1.42. The van der Waals surface area contributed by atoms with E-state index in [9.17, 15) is 30.4 Å². The van der Waals surface area contributed by atoms with Crippen molar-refractivity contribution in [1.82, 2.24) is 15.6 Å². The van der Waals surface area contributed by atoms with Crippen molar-refractivity contribution < 1.29 is 35.1 Å². The highest BCUT2D eigenvalue weighted by atomic mass is 32.2. The fourth-order valence-electron chi connectivity index (χ4n) is 3.12. The van der Waals surface area contributed by atoms with Crippen molar-refractivity contribution in [2.24, 2.45) is 4.99 Å². The Morgan fingerprint density at radius 3 is 2.62 bits per heavy atom. The van der Waals surface area contributed by atoms with E-state index in [4.69, 9.17) is 4.74 Å². The number of hydrogen-bond donors (Lipinski definition) is 3. The van der Waals surface area contributed by atoms with Crippen molar-refractivity contribution in [3.05, 3.63) is 36.0 Å². The Morgan fingerprint density at radius 2 is 2.00 bits per heavy atom. The average molecular weight is 521 g/mol. The number of hydrogen-bond acceptors (Lipinski definition) is 9. The molecule has 0 radical (unpaired) electrons. The van der Waals surface area contributed by atoms with Crippen LogP contribution >= 0.6 is 0 Å². The van der Waals surface area contributed by atoms with Crippen LogP contribution in [0.25, 0.3) is 11.3 Å². The number of halogens is 3. The molecule has 0 spiro atoms. The Bertz CT molecular complexity index is 1220. The number of nitrogens with zero attached hydrogens (tertiary/aromatic N) is 2. The van der Waals surface area contributed by atoms with Crippen LogP contribution in [0.15, 0.2) is 40.2 Å². The Labute approximate surface area is 196 Å². The minimum absolute atomic E-state index is 0.0360. The molecule has 0 amide bonds. The third kappa shape index (κ3) is 6.65. The number of amidine groups is 1. The van der Waals surface area contributed by atoms with Crippen LogP contribution in [0.5, 0.6) is 5.75 Å². The van der Waals surface area contributed by atoms with Gasteiger partial charge >= 0.3 is 6.18 Å². The zero-order valence-electron chi connectivity index (χ0n) is 18.0. The van der Waals surface area contributed by atoms with Gasteiger partial charge in [0.2, 0.25) is 0 Å². The molecule has 2 unspecified atom stereocenters. The maximum Gasteiger partial charge on any atom is 0.408 e. The lowest BCUT2D eigenvalue weighted by molar-refractivity contribution is -0.118. The van der Waals surface area contributed by atoms with Gasteiger partial charge in [-0.3, -0.25) is 14.5 Å². The van der Waals surface area contributed by atoms with Gasteiger partial charge in [-0.25, -0.2) is 13.4 Å². The van der Waals surface area contributed by atoms with Crippen LogP contribution in [-0.4, -0.2) is 72.7 Å². The second-order valence-corrected chi connectivity index (χ2v) is 10.2. The summed E-state index contributed by atoms with van der Waals surface area (Å²) in [6, 6.07) is 7.53. The number of ether oxygens (including phenoxy) is 1. The molecule has 0 bridgehead atoms. The molecule has 186 valence electrons. The van der Waals surface area contributed by atoms with Crippen molar-refractivity contribution in [1.29, 1.82) is 0 Å². The summed E-state index contributed by atoms with van der Waals surface area (Å²) < 4.78 is 89.3. The third-order valence-corrected chi connectivity index (χ3v) is 6.25. The number of benzene rings is 1. The Morgan fingerprint density at radius 1 is 1.26 bits per heavy atom. The topological polar surface area (TPSA) is 145 Å². The van der Waals surface area contributed by atoms with Gasteiger partial charge in [0.25, 0.3) is 0 Å². The van der Waals surface area contributed by atoms with E-state index in [-0.39, 0.29) is 34.5 Å². The molecule has 2 heterocycles. The minimum atomic E-state index is -4.56. The number of rotatable bonds is 8. The number of nitrogens with one attached hydrogen (secondary N) is 3. The Balaban J connectivity index is 2.00. The summed E-state index contributed by atoms with van der Waals surface area (Å²) in [4.78, 5) is 7.95. The molecule has 1 aromatic carbocycles. The van der Waals surface area contributed by atoms with Crippen LogP contribution in [-0.2, 0) is 20.9 Å². The smallest absolute Gasteiger partial charge is 0.408 e. The van der Waals surface area contributed by atoms with E-state index in [0.717, 1.165) is 6.26 Å². The summed E-state index contributed by atoms with van der Waals surface area (Å²) in [7, 11) is -2.30. The molecular weight excluding hydrogens is 499 g/mol. The van der Waals surface area contributed by atoms with E-state index in [1.54, 1.807) is 18.2 Å². The van der Waals surface area contributed by atoms with Gasteiger partial charge in [-0.1, -0.05) is 11.1 Å². The van der Waals surface area contributed by atoms with Gasteiger partial charge in [-0.05, 0) is 30.3 Å². The normalized spacial score (nSPS) is 18.1. The summed E-state index contributed by atoms with van der Waals surface area (Å²) in [6.07, 6.45) is -4.33. The number of aromatic nitrogens is 1. The molecule has 1 aliphatic rings. The van der Waals surface area contributed by atoms with Crippen LogP contribution < -0.4 is 20.7 Å². The zero-order valence-corrected chi connectivity index (χ0v) is 19.6. The van der Waals surface area contributed by atoms with Gasteiger partial charge in [0.1, 0.15) is 22.9 Å². The molecule has 0 fully saturated rings. The first kappa shape index (κ1) is 25.9. The average Bonchev–Trinajstić information content (AvgIpc) is 2.75. The molecule has 2 aromatic rings. The lowest BCUT2D eigenvalue weighted by Crippen LogP contribution is -2.55. The highest BCUT2D eigenvalue weighted by molar-refractivity contribution is 7.90. The summed E-state index contributed by atoms with van der Waals surface area (Å²) in [5, 5.41) is 8.52. The second kappa shape index (κ2) is 10.2. The van der Waals surface area contributed by atoms with Gasteiger partial charge in [-0.2, -0.15) is 13.2 Å². The maximum atomic E-state index is 12.8. The van der Waals surface area contributed by atoms with Gasteiger partial charge in [0, 0.05) is 24.1 Å². The van der Waals surface area contributed by atoms with Gasteiger partial charge in [0.05, 0.1) is 18.5 Å². The van der Waals surface area contributed by atoms with E-state index >= 15 is 0 Å². The highest BCUT2D eigenvalue weighted by Crippen LogP contribution is 2.31. The SMILES string of the molecule is COc1ccc(-c2ccc3c(n2)C(=NCC(F)(F)F)NC(NCCS(=O)[O-])N3)cc1S(C)(=O)=O. The Hall–Kier alpha value is -2.75. The van der Waals surface area contributed by atoms with E-state index in [0.29, 0.717) is 16.9 Å². The Kier molecular flexibility index (Phi) is 7.80. The molecule has 3 rings (SSSR count). The first-order chi connectivity index (χ1) is 15.9. The molecule has 0 saturated carbocycles. The lowest BCUT2D eigenvalue weighted by Gasteiger charge is -2.30. The van der Waals surface area contributed by atoms with Gasteiger partial charge in [-0.15, -0.1) is 0 Å². The molecule has 34 heavy (non-hydrogen) atoms. The molecule has 2 atom stereocenters. The van der Waals surface area contributed by atoms with Gasteiger partial charge < -0.3 is 19.9 Å². The van der Waals surface area contributed by atoms with Crippen molar-refractivity contribution in [3.63, 3.8) is 0 Å². The standard InChI is InChI=1S/C19H22F3N5O5S2/c1-32-14-6-3-11(9-15(14)34(2,30)31)12-4-5-13-16(25-12)17(24-10-19(20,21)22)27-18(26-13)23-7-8-33(28)29/h3-6,9,18,23,26H,7-8,10H2,1-2H3,(H,24,27)(H,28,29)/p-1. The second-order valence-electron chi connectivity index (χ2n) is 7.19. The van der Waals surface area contributed by atoms with Crippen molar-refractivity contribution in [2.45, 2.75) is 17.4 Å². The quantitative estimate of drug-likeness (QED) is 0.438. The number of alkyl halides is 3. The number of pyridine rings is 1. The molecule has 15 heteroatoms. The fraction of sp³-hybridized carbons (Fsp3) is 0.368. The monoisotopic (exact) mass is 520 g/mol. The van der Waals surface area contributed by atoms with Crippen LogP contribution in [0.1, 0.15) is 5.69 Å². The van der Waals surface area contributed by atoms with E-state index in [1.165, 1.54) is 19.2 Å². The summed E-state index contributed by atoms with van der Waals surface area (Å²) in [5.74, 6) is -0.211. The maximum absolute atomic E-state index is 12.8. The largest absolute Gasteiger partial charge is 0.772 e. The van der Waals surface area contributed by atoms with E-state index in [1.807, 2.05) is 0 Å². The minimum Gasteiger partial charge on any atom is -0.772 e.